The molecule has 2 nitrogen and oxygen atoms in total. The molecule has 0 aliphatic carbocycles. The molecular weight excluding hydrogens is 295 g/mol. The molecule has 1 fully saturated rings. The Hall–Kier alpha value is -0.450. The van der Waals surface area contributed by atoms with Gasteiger partial charge in [0.05, 0.1) is 0 Å². The third kappa shape index (κ3) is 2.76. The largest absolute Gasteiger partial charge is 0.314 e. The van der Waals surface area contributed by atoms with Crippen molar-refractivity contribution in [2.45, 2.75) is 32.4 Å². The van der Waals surface area contributed by atoms with Gasteiger partial charge < -0.3 is 5.32 Å². The quantitative estimate of drug-likeness (QED) is 0.900. The van der Waals surface area contributed by atoms with Gasteiger partial charge in [-0.15, -0.1) is 0 Å². The predicted molar refractivity (Wildman–Crippen MR) is 76.2 cm³/mol. The van der Waals surface area contributed by atoms with E-state index in [1.165, 1.54) is 6.07 Å². The molecule has 1 atom stereocenters. The summed E-state index contributed by atoms with van der Waals surface area (Å²) in [5.41, 5.74) is 0.811. The fourth-order valence-corrected chi connectivity index (χ4v) is 3.10. The Morgan fingerprint density at radius 3 is 2.83 bits per heavy atom. The van der Waals surface area contributed by atoms with Crippen molar-refractivity contribution in [2.75, 3.05) is 19.6 Å². The summed E-state index contributed by atoms with van der Waals surface area (Å²) in [7, 11) is 0. The smallest absolute Gasteiger partial charge is 0.128 e. The van der Waals surface area contributed by atoms with E-state index in [-0.39, 0.29) is 17.4 Å². The topological polar surface area (TPSA) is 15.3 Å². The van der Waals surface area contributed by atoms with Gasteiger partial charge in [0.25, 0.3) is 0 Å². The van der Waals surface area contributed by atoms with E-state index in [0.29, 0.717) is 0 Å². The zero-order chi connectivity index (χ0) is 13.3. The van der Waals surface area contributed by atoms with Crippen molar-refractivity contribution in [3.05, 3.63) is 34.1 Å². The van der Waals surface area contributed by atoms with E-state index in [2.05, 4.69) is 46.9 Å². The number of piperazine rings is 1. The van der Waals surface area contributed by atoms with E-state index in [4.69, 9.17) is 0 Å². The molecule has 0 saturated carbocycles. The molecule has 0 spiro atoms. The molecule has 1 aliphatic rings. The van der Waals surface area contributed by atoms with E-state index in [0.717, 1.165) is 29.7 Å². The van der Waals surface area contributed by atoms with Crippen molar-refractivity contribution in [2.24, 2.45) is 0 Å². The second-order valence-corrected chi connectivity index (χ2v) is 6.44. The molecule has 1 aromatic rings. The van der Waals surface area contributed by atoms with Crippen molar-refractivity contribution in [1.29, 1.82) is 0 Å². The van der Waals surface area contributed by atoms with Crippen LogP contribution < -0.4 is 5.32 Å². The van der Waals surface area contributed by atoms with E-state index in [1.807, 2.05) is 6.07 Å². The molecule has 1 heterocycles. The first-order valence-electron chi connectivity index (χ1n) is 6.34. The number of nitrogens with one attached hydrogen (secondary N) is 1. The van der Waals surface area contributed by atoms with Crippen LogP contribution in [0.1, 0.15) is 32.4 Å². The van der Waals surface area contributed by atoms with Crippen LogP contribution in [0, 0.1) is 5.82 Å². The normalized spacial score (nSPS) is 21.8. The van der Waals surface area contributed by atoms with Crippen molar-refractivity contribution >= 4 is 15.9 Å². The first-order valence-corrected chi connectivity index (χ1v) is 7.13. The molecule has 0 aromatic heterocycles. The number of nitrogens with zero attached hydrogens (tertiary/aromatic N) is 1. The molecule has 0 bridgehead atoms. The highest BCUT2D eigenvalue weighted by Crippen LogP contribution is 2.31. The zero-order valence-electron chi connectivity index (χ0n) is 11.1. The predicted octanol–water partition coefficient (Wildman–Crippen LogP) is 3.33. The number of benzene rings is 1. The first kappa shape index (κ1) is 14.0. The summed E-state index contributed by atoms with van der Waals surface area (Å²) in [5.74, 6) is -0.125. The van der Waals surface area contributed by atoms with Crippen molar-refractivity contribution in [1.82, 2.24) is 10.2 Å². The maximum atomic E-state index is 14.0. The van der Waals surface area contributed by atoms with Crippen LogP contribution >= 0.6 is 15.9 Å². The van der Waals surface area contributed by atoms with Gasteiger partial charge >= 0.3 is 0 Å². The minimum absolute atomic E-state index is 0.0480. The molecule has 1 aromatic carbocycles. The zero-order valence-corrected chi connectivity index (χ0v) is 12.7. The minimum Gasteiger partial charge on any atom is -0.314 e. The van der Waals surface area contributed by atoms with Crippen molar-refractivity contribution in [3.63, 3.8) is 0 Å². The lowest BCUT2D eigenvalue weighted by molar-refractivity contribution is 0.0502. The Bertz CT molecular complexity index is 434. The molecule has 4 heteroatoms. The molecule has 0 radical (unpaired) electrons. The van der Waals surface area contributed by atoms with E-state index < -0.39 is 0 Å². The van der Waals surface area contributed by atoms with Crippen LogP contribution in [0.25, 0.3) is 0 Å². The van der Waals surface area contributed by atoms with Crippen LogP contribution in [0.15, 0.2) is 22.7 Å². The third-order valence-corrected chi connectivity index (χ3v) is 4.23. The standard InChI is InChI=1S/C14H20BrFN2/c1-10(12-8-11(15)4-5-13(12)16)18-7-6-17-9-14(18,2)3/h4-5,8,10,17H,6-7,9H2,1-3H3. The molecule has 1 N–H and O–H groups in total. The average molecular weight is 315 g/mol. The summed E-state index contributed by atoms with van der Waals surface area (Å²) in [6.07, 6.45) is 0. The maximum Gasteiger partial charge on any atom is 0.128 e. The Balaban J connectivity index is 2.29. The van der Waals surface area contributed by atoms with Gasteiger partial charge in [0.1, 0.15) is 5.82 Å². The molecule has 1 unspecified atom stereocenters. The van der Waals surface area contributed by atoms with Crippen molar-refractivity contribution in [3.8, 4) is 0 Å². The van der Waals surface area contributed by atoms with Crippen LogP contribution in [0.2, 0.25) is 0 Å². The summed E-state index contributed by atoms with van der Waals surface area (Å²) in [5, 5.41) is 3.39. The highest BCUT2D eigenvalue weighted by Gasteiger charge is 2.34. The summed E-state index contributed by atoms with van der Waals surface area (Å²) in [6.45, 7) is 9.32. The Morgan fingerprint density at radius 1 is 1.44 bits per heavy atom. The number of halogens is 2. The van der Waals surface area contributed by atoms with Crippen LogP contribution in [-0.4, -0.2) is 30.1 Å². The van der Waals surface area contributed by atoms with Gasteiger partial charge in [0.15, 0.2) is 0 Å². The summed E-state index contributed by atoms with van der Waals surface area (Å²) >= 11 is 3.42. The molecule has 1 aliphatic heterocycles. The van der Waals surface area contributed by atoms with E-state index in [9.17, 15) is 4.39 Å². The van der Waals surface area contributed by atoms with Gasteiger partial charge in [0, 0.05) is 41.3 Å². The third-order valence-electron chi connectivity index (χ3n) is 3.74. The monoisotopic (exact) mass is 314 g/mol. The number of hydrogen-bond acceptors (Lipinski definition) is 2. The Labute approximate surface area is 117 Å². The lowest BCUT2D eigenvalue weighted by Crippen LogP contribution is -2.58. The fourth-order valence-electron chi connectivity index (χ4n) is 2.72. The van der Waals surface area contributed by atoms with Gasteiger partial charge in [0.2, 0.25) is 0 Å². The van der Waals surface area contributed by atoms with Crippen LogP contribution in [0.5, 0.6) is 0 Å². The highest BCUT2D eigenvalue weighted by atomic mass is 79.9. The summed E-state index contributed by atoms with van der Waals surface area (Å²) < 4.78 is 14.9. The van der Waals surface area contributed by atoms with Crippen LogP contribution in [-0.2, 0) is 0 Å². The second kappa shape index (κ2) is 5.27. The van der Waals surface area contributed by atoms with Gasteiger partial charge in [-0.05, 0) is 39.0 Å². The average Bonchev–Trinajstić information content (AvgIpc) is 2.31. The van der Waals surface area contributed by atoms with Gasteiger partial charge in [-0.2, -0.15) is 0 Å². The molecule has 18 heavy (non-hydrogen) atoms. The molecule has 2 rings (SSSR count). The SMILES string of the molecule is CC(c1cc(Br)ccc1F)N1CCNCC1(C)C. The lowest BCUT2D eigenvalue weighted by atomic mass is 9.95. The number of hydrogen-bond donors (Lipinski definition) is 1. The fraction of sp³-hybridized carbons (Fsp3) is 0.571. The van der Waals surface area contributed by atoms with E-state index in [1.54, 1.807) is 6.07 Å². The second-order valence-electron chi connectivity index (χ2n) is 5.52. The van der Waals surface area contributed by atoms with Gasteiger partial charge in [-0.25, -0.2) is 4.39 Å². The van der Waals surface area contributed by atoms with Gasteiger partial charge in [-0.3, -0.25) is 4.90 Å². The van der Waals surface area contributed by atoms with Crippen LogP contribution in [0.3, 0.4) is 0 Å². The first-order chi connectivity index (χ1) is 8.42. The summed E-state index contributed by atoms with van der Waals surface area (Å²) in [4.78, 5) is 2.37. The van der Waals surface area contributed by atoms with Gasteiger partial charge in [-0.1, -0.05) is 15.9 Å². The minimum atomic E-state index is -0.125. The lowest BCUT2D eigenvalue weighted by Gasteiger charge is -2.46. The maximum absolute atomic E-state index is 14.0. The molecular formula is C14H20BrFN2. The number of rotatable bonds is 2. The van der Waals surface area contributed by atoms with E-state index >= 15 is 0 Å². The molecule has 100 valence electrons. The Morgan fingerprint density at radius 2 is 2.17 bits per heavy atom. The van der Waals surface area contributed by atoms with Crippen LogP contribution in [0.4, 0.5) is 4.39 Å². The van der Waals surface area contributed by atoms with Crippen molar-refractivity contribution < 1.29 is 4.39 Å². The molecule has 0 amide bonds. The highest BCUT2D eigenvalue weighted by molar-refractivity contribution is 9.10. The molecule has 1 saturated heterocycles. The summed E-state index contributed by atoms with van der Waals surface area (Å²) in [6, 6.07) is 5.25. The Kier molecular flexibility index (Phi) is 4.09.